The van der Waals surface area contributed by atoms with Gasteiger partial charge in [-0.3, -0.25) is 9.69 Å². The Morgan fingerprint density at radius 3 is 2.66 bits per heavy atom. The lowest BCUT2D eigenvalue weighted by Crippen LogP contribution is -2.32. The molecule has 0 saturated carbocycles. The Morgan fingerprint density at radius 1 is 1.03 bits per heavy atom. The van der Waals surface area contributed by atoms with Gasteiger partial charge >= 0.3 is 0 Å². The number of aryl methyl sites for hydroxylation is 1. The van der Waals surface area contributed by atoms with Crippen LogP contribution in [0, 0.1) is 5.92 Å². The normalized spacial score (nSPS) is 16.8. The fourth-order valence-corrected chi connectivity index (χ4v) is 5.29. The quantitative estimate of drug-likeness (QED) is 0.457. The first-order valence-corrected chi connectivity index (χ1v) is 13.0. The van der Waals surface area contributed by atoms with Crippen LogP contribution in [0.3, 0.4) is 0 Å². The van der Waals surface area contributed by atoms with Crippen molar-refractivity contribution in [2.24, 2.45) is 5.92 Å². The Labute approximate surface area is 210 Å². The molecular formula is C30H40N2O3. The van der Waals surface area contributed by atoms with E-state index < -0.39 is 0 Å². The minimum Gasteiger partial charge on any atom is -0.496 e. The average molecular weight is 477 g/mol. The summed E-state index contributed by atoms with van der Waals surface area (Å²) in [6, 6.07) is 13.0. The summed E-state index contributed by atoms with van der Waals surface area (Å²) in [5.74, 6) is 2.43. The molecule has 0 N–H and O–H groups in total. The summed E-state index contributed by atoms with van der Waals surface area (Å²) in [7, 11) is 1.73. The Kier molecular flexibility index (Phi) is 8.50. The van der Waals surface area contributed by atoms with Gasteiger partial charge in [0.05, 0.1) is 7.11 Å². The van der Waals surface area contributed by atoms with Crippen LogP contribution < -0.4 is 9.47 Å². The second-order valence-corrected chi connectivity index (χ2v) is 10.4. The predicted octanol–water partition coefficient (Wildman–Crippen LogP) is 5.36. The van der Waals surface area contributed by atoms with Crippen LogP contribution in [0.2, 0.25) is 0 Å². The molecule has 5 heteroatoms. The first-order valence-electron chi connectivity index (χ1n) is 13.0. The molecule has 188 valence electrons. The van der Waals surface area contributed by atoms with Gasteiger partial charge in [0.25, 0.3) is 0 Å². The Balaban J connectivity index is 1.41. The molecule has 1 amide bonds. The number of hydrogen-bond donors (Lipinski definition) is 0. The van der Waals surface area contributed by atoms with E-state index in [2.05, 4.69) is 62.1 Å². The summed E-state index contributed by atoms with van der Waals surface area (Å²) in [4.78, 5) is 15.5. The van der Waals surface area contributed by atoms with Crippen LogP contribution >= 0.6 is 0 Å². The second kappa shape index (κ2) is 11.8. The minimum absolute atomic E-state index is 0.497. The molecule has 2 aromatic carbocycles. The monoisotopic (exact) mass is 476 g/mol. The number of benzene rings is 2. The number of rotatable bonds is 9. The number of carbonyl (C=O) groups excluding carboxylic acids is 1. The van der Waals surface area contributed by atoms with E-state index >= 15 is 0 Å². The molecule has 0 unspecified atom stereocenters. The zero-order chi connectivity index (χ0) is 24.8. The van der Waals surface area contributed by atoms with Crippen LogP contribution in [-0.2, 0) is 24.2 Å². The van der Waals surface area contributed by atoms with Crippen molar-refractivity contribution in [2.75, 3.05) is 39.8 Å². The molecule has 1 aliphatic carbocycles. The Morgan fingerprint density at radius 2 is 1.89 bits per heavy atom. The van der Waals surface area contributed by atoms with Crippen molar-refractivity contribution >= 4 is 12.0 Å². The van der Waals surface area contributed by atoms with Crippen molar-refractivity contribution < 1.29 is 14.3 Å². The van der Waals surface area contributed by atoms with Gasteiger partial charge in [-0.15, -0.1) is 0 Å². The Hall–Kier alpha value is -2.79. The molecule has 0 aromatic heterocycles. The summed E-state index contributed by atoms with van der Waals surface area (Å²) >= 11 is 0. The van der Waals surface area contributed by atoms with Crippen LogP contribution in [0.4, 0.5) is 0 Å². The van der Waals surface area contributed by atoms with Gasteiger partial charge in [0.1, 0.15) is 18.1 Å². The molecule has 0 spiro atoms. The standard InChI is InChI=1S/C30H40N2O3/c1-22(2)16-24-6-7-27(30(17-24)34-4)20-35-28-10-11-29-23(3)26(9-8-25(29)18-28)19-31-12-5-13-32(21-33)15-14-31/h6-7,10-11,17-18,21-22H,5,8-9,12-16,19-20H2,1-4H3. The lowest BCUT2D eigenvalue weighted by Gasteiger charge is -2.27. The predicted molar refractivity (Wildman–Crippen MR) is 142 cm³/mol. The summed E-state index contributed by atoms with van der Waals surface area (Å²) in [5, 5.41) is 0. The van der Waals surface area contributed by atoms with Crippen LogP contribution in [0.25, 0.3) is 5.57 Å². The summed E-state index contributed by atoms with van der Waals surface area (Å²) in [5.41, 5.74) is 8.01. The maximum absolute atomic E-state index is 11.1. The van der Waals surface area contributed by atoms with Crippen LogP contribution in [-0.4, -0.2) is 56.0 Å². The number of allylic oxidation sites excluding steroid dienone is 1. The molecule has 0 atom stereocenters. The molecule has 1 saturated heterocycles. The van der Waals surface area contributed by atoms with Gasteiger partial charge in [-0.25, -0.2) is 0 Å². The first-order chi connectivity index (χ1) is 17.0. The molecule has 0 radical (unpaired) electrons. The van der Waals surface area contributed by atoms with Gasteiger partial charge < -0.3 is 14.4 Å². The van der Waals surface area contributed by atoms with Crippen molar-refractivity contribution in [3.05, 3.63) is 64.2 Å². The number of nitrogens with zero attached hydrogens (tertiary/aromatic N) is 2. The van der Waals surface area contributed by atoms with Crippen molar-refractivity contribution in [2.45, 2.75) is 53.1 Å². The van der Waals surface area contributed by atoms with Crippen LogP contribution in [0.5, 0.6) is 11.5 Å². The largest absolute Gasteiger partial charge is 0.496 e. The smallest absolute Gasteiger partial charge is 0.209 e. The number of hydrogen-bond acceptors (Lipinski definition) is 4. The summed E-state index contributed by atoms with van der Waals surface area (Å²) in [6.45, 7) is 11.9. The van der Waals surface area contributed by atoms with Gasteiger partial charge in [0, 0.05) is 38.3 Å². The molecule has 1 aliphatic heterocycles. The van der Waals surface area contributed by atoms with Gasteiger partial charge in [-0.2, -0.15) is 0 Å². The SMILES string of the molecule is COc1cc(CC(C)C)ccc1COc1ccc2c(c1)CCC(CN1CCCN(C=O)CC1)=C2C. The van der Waals surface area contributed by atoms with E-state index in [0.717, 1.165) is 81.9 Å². The van der Waals surface area contributed by atoms with E-state index in [1.165, 1.54) is 27.8 Å². The van der Waals surface area contributed by atoms with E-state index in [-0.39, 0.29) is 0 Å². The van der Waals surface area contributed by atoms with Crippen molar-refractivity contribution in [1.82, 2.24) is 9.80 Å². The van der Waals surface area contributed by atoms with E-state index in [0.29, 0.717) is 12.5 Å². The third-order valence-electron chi connectivity index (χ3n) is 7.28. The molecule has 4 rings (SSSR count). The fourth-order valence-electron chi connectivity index (χ4n) is 5.29. The highest BCUT2D eigenvalue weighted by atomic mass is 16.5. The molecule has 0 bridgehead atoms. The topological polar surface area (TPSA) is 42.0 Å². The lowest BCUT2D eigenvalue weighted by molar-refractivity contribution is -0.118. The maximum atomic E-state index is 11.1. The van der Waals surface area contributed by atoms with Crippen molar-refractivity contribution in [3.63, 3.8) is 0 Å². The Bertz CT molecular complexity index is 1060. The number of fused-ring (bicyclic) bond motifs is 1. The maximum Gasteiger partial charge on any atom is 0.209 e. The fraction of sp³-hybridized carbons (Fsp3) is 0.500. The highest BCUT2D eigenvalue weighted by Gasteiger charge is 2.20. The molecule has 2 aliphatic rings. The summed E-state index contributed by atoms with van der Waals surface area (Å²) < 4.78 is 11.8. The molecule has 2 aromatic rings. The van der Waals surface area contributed by atoms with E-state index in [1.54, 1.807) is 7.11 Å². The van der Waals surface area contributed by atoms with Crippen LogP contribution in [0.1, 0.15) is 55.9 Å². The summed E-state index contributed by atoms with van der Waals surface area (Å²) in [6.07, 6.45) is 5.21. The van der Waals surface area contributed by atoms with E-state index in [4.69, 9.17) is 9.47 Å². The first kappa shape index (κ1) is 25.3. The third kappa shape index (κ3) is 6.46. The van der Waals surface area contributed by atoms with Crippen LogP contribution in [0.15, 0.2) is 42.0 Å². The number of amides is 1. The highest BCUT2D eigenvalue weighted by molar-refractivity contribution is 5.72. The molecule has 1 fully saturated rings. The zero-order valence-electron chi connectivity index (χ0n) is 21.8. The number of ether oxygens (including phenoxy) is 2. The molecular weight excluding hydrogens is 436 g/mol. The van der Waals surface area contributed by atoms with E-state index in [9.17, 15) is 4.79 Å². The van der Waals surface area contributed by atoms with Gasteiger partial charge in [-0.1, -0.05) is 37.6 Å². The van der Waals surface area contributed by atoms with Crippen molar-refractivity contribution in [1.29, 1.82) is 0 Å². The highest BCUT2D eigenvalue weighted by Crippen LogP contribution is 2.34. The van der Waals surface area contributed by atoms with Gasteiger partial charge in [0.15, 0.2) is 0 Å². The molecule has 35 heavy (non-hydrogen) atoms. The second-order valence-electron chi connectivity index (χ2n) is 10.4. The minimum atomic E-state index is 0.497. The zero-order valence-corrected chi connectivity index (χ0v) is 21.8. The van der Waals surface area contributed by atoms with Gasteiger partial charge in [-0.05, 0) is 79.0 Å². The third-order valence-corrected chi connectivity index (χ3v) is 7.28. The average Bonchev–Trinajstić information content (AvgIpc) is 3.09. The van der Waals surface area contributed by atoms with E-state index in [1.807, 2.05) is 4.90 Å². The van der Waals surface area contributed by atoms with Gasteiger partial charge in [0.2, 0.25) is 6.41 Å². The number of carbonyl (C=O) groups is 1. The molecule has 5 nitrogen and oxygen atoms in total. The number of methoxy groups -OCH3 is 1. The van der Waals surface area contributed by atoms with Crippen molar-refractivity contribution in [3.8, 4) is 11.5 Å². The molecule has 1 heterocycles. The lowest BCUT2D eigenvalue weighted by atomic mass is 9.86.